The number of hydrogen-bond donors (Lipinski definition) is 0. The molecule has 0 saturated carbocycles. The summed E-state index contributed by atoms with van der Waals surface area (Å²) in [7, 11) is 0. The van der Waals surface area contributed by atoms with Gasteiger partial charge in [0.1, 0.15) is 11.9 Å². The van der Waals surface area contributed by atoms with E-state index in [1.54, 1.807) is 24.2 Å². The maximum Gasteiger partial charge on any atom is 0.256 e. The normalized spacial score (nSPS) is 11.9. The summed E-state index contributed by atoms with van der Waals surface area (Å²) in [5, 5.41) is 0. The molecule has 1 unspecified atom stereocenters. The predicted molar refractivity (Wildman–Crippen MR) is 86.6 cm³/mol. The zero-order valence-corrected chi connectivity index (χ0v) is 12.8. The first-order valence-electron chi connectivity index (χ1n) is 7.33. The van der Waals surface area contributed by atoms with E-state index in [2.05, 4.69) is 6.58 Å². The van der Waals surface area contributed by atoms with Crippen LogP contribution in [0.5, 0.6) is 0 Å². The number of furan rings is 1. The molecule has 0 fully saturated rings. The zero-order valence-electron chi connectivity index (χ0n) is 12.8. The Balaban J connectivity index is 2.13. The molecule has 0 radical (unpaired) electrons. The minimum Gasteiger partial charge on any atom is -0.467 e. The van der Waals surface area contributed by atoms with Gasteiger partial charge in [-0.3, -0.25) is 4.79 Å². The maximum absolute atomic E-state index is 12.7. The SMILES string of the molecule is C=CCCOC(C)C(=O)N(Cc1ccco1)c1ccccc1. The molecule has 1 aromatic heterocycles. The minimum atomic E-state index is -0.518. The highest BCUT2D eigenvalue weighted by Crippen LogP contribution is 2.19. The Hall–Kier alpha value is -2.33. The molecule has 2 rings (SSSR count). The maximum atomic E-state index is 12.7. The first-order valence-corrected chi connectivity index (χ1v) is 7.33. The summed E-state index contributed by atoms with van der Waals surface area (Å²) in [5.41, 5.74) is 0.822. The van der Waals surface area contributed by atoms with E-state index in [-0.39, 0.29) is 5.91 Å². The third-order valence-corrected chi connectivity index (χ3v) is 3.27. The van der Waals surface area contributed by atoms with Crippen molar-refractivity contribution in [2.45, 2.75) is 26.0 Å². The predicted octanol–water partition coefficient (Wildman–Crippen LogP) is 3.79. The van der Waals surface area contributed by atoms with E-state index in [0.29, 0.717) is 13.2 Å². The highest BCUT2D eigenvalue weighted by atomic mass is 16.5. The number of nitrogens with zero attached hydrogens (tertiary/aromatic N) is 1. The zero-order chi connectivity index (χ0) is 15.8. The Labute approximate surface area is 131 Å². The summed E-state index contributed by atoms with van der Waals surface area (Å²) in [6.07, 6.45) is 3.58. The van der Waals surface area contributed by atoms with Crippen LogP contribution in [0.1, 0.15) is 19.1 Å². The topological polar surface area (TPSA) is 42.7 Å². The van der Waals surface area contributed by atoms with E-state index in [9.17, 15) is 4.79 Å². The lowest BCUT2D eigenvalue weighted by molar-refractivity contribution is -0.129. The van der Waals surface area contributed by atoms with Crippen LogP contribution in [0, 0.1) is 0 Å². The highest BCUT2D eigenvalue weighted by molar-refractivity contribution is 5.96. The fraction of sp³-hybridized carbons (Fsp3) is 0.278. The van der Waals surface area contributed by atoms with Gasteiger partial charge in [0.2, 0.25) is 0 Å². The Morgan fingerprint density at radius 2 is 2.09 bits per heavy atom. The van der Waals surface area contributed by atoms with E-state index in [1.807, 2.05) is 42.5 Å². The van der Waals surface area contributed by atoms with E-state index >= 15 is 0 Å². The van der Waals surface area contributed by atoms with Gasteiger partial charge < -0.3 is 14.1 Å². The number of anilines is 1. The Kier molecular flexibility index (Phi) is 5.98. The van der Waals surface area contributed by atoms with E-state index in [0.717, 1.165) is 17.9 Å². The van der Waals surface area contributed by atoms with Crippen LogP contribution < -0.4 is 4.90 Å². The van der Waals surface area contributed by atoms with Gasteiger partial charge in [-0.05, 0) is 37.6 Å². The molecule has 22 heavy (non-hydrogen) atoms. The van der Waals surface area contributed by atoms with Gasteiger partial charge in [0, 0.05) is 5.69 Å². The second-order valence-electron chi connectivity index (χ2n) is 4.93. The fourth-order valence-corrected chi connectivity index (χ4v) is 2.08. The molecule has 0 N–H and O–H groups in total. The Morgan fingerprint density at radius 3 is 2.73 bits per heavy atom. The van der Waals surface area contributed by atoms with Crippen molar-refractivity contribution in [1.29, 1.82) is 0 Å². The van der Waals surface area contributed by atoms with Gasteiger partial charge in [-0.2, -0.15) is 0 Å². The third-order valence-electron chi connectivity index (χ3n) is 3.27. The van der Waals surface area contributed by atoms with Crippen molar-refractivity contribution in [3.8, 4) is 0 Å². The number of para-hydroxylation sites is 1. The van der Waals surface area contributed by atoms with Gasteiger partial charge in [-0.1, -0.05) is 24.3 Å². The fourth-order valence-electron chi connectivity index (χ4n) is 2.08. The van der Waals surface area contributed by atoms with E-state index in [4.69, 9.17) is 9.15 Å². The smallest absolute Gasteiger partial charge is 0.256 e. The number of carbonyl (C=O) groups excluding carboxylic acids is 1. The van der Waals surface area contributed by atoms with Crippen molar-refractivity contribution in [1.82, 2.24) is 0 Å². The second kappa shape index (κ2) is 8.20. The lowest BCUT2D eigenvalue weighted by atomic mass is 10.2. The number of hydrogen-bond acceptors (Lipinski definition) is 3. The number of benzene rings is 1. The van der Waals surface area contributed by atoms with Crippen LogP contribution in [0.25, 0.3) is 0 Å². The summed E-state index contributed by atoms with van der Waals surface area (Å²) >= 11 is 0. The summed E-state index contributed by atoms with van der Waals surface area (Å²) in [6, 6.07) is 13.2. The van der Waals surface area contributed by atoms with Crippen LogP contribution in [-0.2, 0) is 16.1 Å². The van der Waals surface area contributed by atoms with Gasteiger partial charge in [-0.25, -0.2) is 0 Å². The van der Waals surface area contributed by atoms with Gasteiger partial charge in [-0.15, -0.1) is 6.58 Å². The molecule has 0 aliphatic carbocycles. The average molecular weight is 299 g/mol. The monoisotopic (exact) mass is 299 g/mol. The summed E-state index contributed by atoms with van der Waals surface area (Å²) in [5.74, 6) is 0.641. The molecular weight excluding hydrogens is 278 g/mol. The molecule has 4 heteroatoms. The van der Waals surface area contributed by atoms with Crippen molar-refractivity contribution < 1.29 is 13.9 Å². The first kappa shape index (κ1) is 16.0. The van der Waals surface area contributed by atoms with E-state index < -0.39 is 6.10 Å². The molecule has 116 valence electrons. The van der Waals surface area contributed by atoms with Crippen molar-refractivity contribution >= 4 is 11.6 Å². The molecule has 0 spiro atoms. The number of carbonyl (C=O) groups is 1. The third kappa shape index (κ3) is 4.33. The molecule has 0 bridgehead atoms. The van der Waals surface area contributed by atoms with Crippen LogP contribution in [0.15, 0.2) is 65.8 Å². The van der Waals surface area contributed by atoms with Gasteiger partial charge in [0.05, 0.1) is 19.4 Å². The van der Waals surface area contributed by atoms with E-state index in [1.165, 1.54) is 0 Å². The highest BCUT2D eigenvalue weighted by Gasteiger charge is 2.23. The van der Waals surface area contributed by atoms with Crippen LogP contribution in [0.4, 0.5) is 5.69 Å². The number of ether oxygens (including phenoxy) is 1. The van der Waals surface area contributed by atoms with Crippen LogP contribution in [0.3, 0.4) is 0 Å². The molecule has 4 nitrogen and oxygen atoms in total. The molecule has 1 heterocycles. The number of amides is 1. The molecule has 0 aliphatic heterocycles. The van der Waals surface area contributed by atoms with Crippen molar-refractivity contribution in [2.75, 3.05) is 11.5 Å². The van der Waals surface area contributed by atoms with Gasteiger partial charge >= 0.3 is 0 Å². The number of rotatable bonds is 8. The molecule has 1 aromatic carbocycles. The van der Waals surface area contributed by atoms with Crippen molar-refractivity contribution in [3.63, 3.8) is 0 Å². The lowest BCUT2D eigenvalue weighted by Crippen LogP contribution is -2.38. The summed E-state index contributed by atoms with van der Waals surface area (Å²) < 4.78 is 10.9. The van der Waals surface area contributed by atoms with Crippen molar-refractivity contribution in [3.05, 3.63) is 67.1 Å². The summed E-state index contributed by atoms with van der Waals surface area (Å²) in [4.78, 5) is 14.4. The molecule has 2 aromatic rings. The van der Waals surface area contributed by atoms with Crippen LogP contribution >= 0.6 is 0 Å². The quantitative estimate of drug-likeness (QED) is 0.550. The molecular formula is C18H21NO3. The Bertz CT molecular complexity index is 578. The lowest BCUT2D eigenvalue weighted by Gasteiger charge is -2.25. The Morgan fingerprint density at radius 1 is 1.32 bits per heavy atom. The molecule has 1 amide bonds. The van der Waals surface area contributed by atoms with Gasteiger partial charge in [0.25, 0.3) is 5.91 Å². The van der Waals surface area contributed by atoms with Gasteiger partial charge in [0.15, 0.2) is 0 Å². The average Bonchev–Trinajstić information content (AvgIpc) is 3.06. The van der Waals surface area contributed by atoms with Crippen molar-refractivity contribution in [2.24, 2.45) is 0 Å². The standard InChI is InChI=1S/C18H21NO3/c1-3-4-12-21-15(2)18(20)19(14-17-11-8-13-22-17)16-9-6-5-7-10-16/h3,5-11,13,15H,1,4,12,14H2,2H3. The minimum absolute atomic E-state index is 0.0911. The second-order valence-corrected chi connectivity index (χ2v) is 4.93. The largest absolute Gasteiger partial charge is 0.467 e. The molecule has 1 atom stereocenters. The molecule has 0 saturated heterocycles. The van der Waals surface area contributed by atoms with Crippen LogP contribution in [0.2, 0.25) is 0 Å². The first-order chi connectivity index (χ1) is 10.7. The van der Waals surface area contributed by atoms with Crippen LogP contribution in [-0.4, -0.2) is 18.6 Å². The molecule has 0 aliphatic rings. The summed E-state index contributed by atoms with van der Waals surface area (Å²) in [6.45, 7) is 6.28.